The fourth-order valence-corrected chi connectivity index (χ4v) is 4.56. The van der Waals surface area contributed by atoms with Gasteiger partial charge in [-0.2, -0.15) is 0 Å². The maximum atomic E-state index is 13.3. The molecule has 0 bridgehead atoms. The van der Waals surface area contributed by atoms with Crippen molar-refractivity contribution in [2.24, 2.45) is 0 Å². The van der Waals surface area contributed by atoms with Crippen LogP contribution in [0.2, 0.25) is 0 Å². The van der Waals surface area contributed by atoms with Gasteiger partial charge in [-0.3, -0.25) is 9.59 Å². The summed E-state index contributed by atoms with van der Waals surface area (Å²) in [6, 6.07) is 21.4. The Labute approximate surface area is 223 Å². The first-order chi connectivity index (χ1) is 18.3. The van der Waals surface area contributed by atoms with Gasteiger partial charge in [-0.05, 0) is 56.2 Å². The summed E-state index contributed by atoms with van der Waals surface area (Å²) >= 11 is 0. The van der Waals surface area contributed by atoms with E-state index in [1.165, 1.54) is 12.0 Å². The molecule has 0 saturated carbocycles. The van der Waals surface area contributed by atoms with Crippen LogP contribution in [0.15, 0.2) is 78.4 Å². The highest BCUT2D eigenvalue weighted by Crippen LogP contribution is 2.42. The minimum atomic E-state index is -0.823. The van der Waals surface area contributed by atoms with Crippen molar-refractivity contribution in [3.8, 4) is 11.5 Å². The van der Waals surface area contributed by atoms with E-state index >= 15 is 0 Å². The third-order valence-electron chi connectivity index (χ3n) is 6.44. The van der Waals surface area contributed by atoms with Gasteiger partial charge in [0.25, 0.3) is 11.7 Å². The van der Waals surface area contributed by atoms with Crippen LogP contribution < -0.4 is 9.47 Å². The number of carbonyl (C=O) groups excluding carboxylic acids is 2. The first kappa shape index (κ1) is 26.9. The van der Waals surface area contributed by atoms with Crippen molar-refractivity contribution in [2.45, 2.75) is 39.5 Å². The second kappa shape index (κ2) is 12.0. The lowest BCUT2D eigenvalue weighted by Gasteiger charge is -2.26. The van der Waals surface area contributed by atoms with E-state index in [2.05, 4.69) is 0 Å². The van der Waals surface area contributed by atoms with Crippen LogP contribution >= 0.6 is 0 Å². The topological polar surface area (TPSA) is 85.3 Å². The van der Waals surface area contributed by atoms with Crippen LogP contribution in [-0.2, 0) is 20.9 Å². The van der Waals surface area contributed by atoms with E-state index in [9.17, 15) is 14.7 Å². The van der Waals surface area contributed by atoms with E-state index in [4.69, 9.17) is 14.2 Å². The lowest BCUT2D eigenvalue weighted by atomic mass is 9.94. The van der Waals surface area contributed by atoms with Crippen LogP contribution in [0.4, 0.5) is 0 Å². The third kappa shape index (κ3) is 5.73. The van der Waals surface area contributed by atoms with Crippen LogP contribution in [0.25, 0.3) is 5.76 Å². The second-order valence-electron chi connectivity index (χ2n) is 9.41. The summed E-state index contributed by atoms with van der Waals surface area (Å²) in [5.41, 5.74) is 2.88. The summed E-state index contributed by atoms with van der Waals surface area (Å²) in [5, 5.41) is 11.4. The molecule has 1 atom stereocenters. The molecular weight excluding hydrogens is 482 g/mol. The molecule has 3 aromatic rings. The molecule has 0 spiro atoms. The largest absolute Gasteiger partial charge is 0.507 e. The molecule has 1 aliphatic heterocycles. The van der Waals surface area contributed by atoms with Gasteiger partial charge in [0.05, 0.1) is 31.4 Å². The van der Waals surface area contributed by atoms with Gasteiger partial charge in [0.2, 0.25) is 0 Å². The molecule has 0 aromatic heterocycles. The summed E-state index contributed by atoms with van der Waals surface area (Å²) in [4.78, 5) is 27.9. The zero-order valence-corrected chi connectivity index (χ0v) is 22.1. The number of hydrogen-bond acceptors (Lipinski definition) is 6. The highest BCUT2D eigenvalue weighted by molar-refractivity contribution is 6.46. The number of ketones is 1. The molecule has 4 rings (SSSR count). The Bertz CT molecular complexity index is 1330. The van der Waals surface area contributed by atoms with Gasteiger partial charge in [0.1, 0.15) is 23.9 Å². The molecular formula is C31H33NO6. The first-order valence-corrected chi connectivity index (χ1v) is 12.6. The van der Waals surface area contributed by atoms with E-state index in [0.29, 0.717) is 29.2 Å². The lowest BCUT2D eigenvalue weighted by molar-refractivity contribution is -0.140. The maximum absolute atomic E-state index is 13.3. The molecule has 1 N–H and O–H groups in total. The van der Waals surface area contributed by atoms with Gasteiger partial charge < -0.3 is 24.2 Å². The average Bonchev–Trinajstić information content (AvgIpc) is 3.17. The Hall–Kier alpha value is -4.10. The highest BCUT2D eigenvalue weighted by atomic mass is 16.5. The number of nitrogens with zero attached hydrogens (tertiary/aromatic N) is 1. The monoisotopic (exact) mass is 515 g/mol. The van der Waals surface area contributed by atoms with Crippen molar-refractivity contribution in [1.82, 2.24) is 4.90 Å². The average molecular weight is 516 g/mol. The molecule has 1 heterocycles. The van der Waals surface area contributed by atoms with Gasteiger partial charge >= 0.3 is 0 Å². The van der Waals surface area contributed by atoms with Gasteiger partial charge in [-0.25, -0.2) is 0 Å². The van der Waals surface area contributed by atoms with Crippen molar-refractivity contribution < 1.29 is 28.9 Å². The van der Waals surface area contributed by atoms with Crippen LogP contribution in [0.3, 0.4) is 0 Å². The Morgan fingerprint density at radius 1 is 0.974 bits per heavy atom. The number of aliphatic hydroxyl groups excluding tert-OH is 1. The summed E-state index contributed by atoms with van der Waals surface area (Å²) in [6.45, 7) is 6.53. The first-order valence-electron chi connectivity index (χ1n) is 12.6. The Morgan fingerprint density at radius 3 is 2.37 bits per heavy atom. The summed E-state index contributed by atoms with van der Waals surface area (Å²) < 4.78 is 17.2. The predicted octanol–water partition coefficient (Wildman–Crippen LogP) is 5.43. The van der Waals surface area contributed by atoms with E-state index in [0.717, 1.165) is 11.1 Å². The number of hydrogen-bond donors (Lipinski definition) is 1. The molecule has 38 heavy (non-hydrogen) atoms. The van der Waals surface area contributed by atoms with E-state index in [-0.39, 0.29) is 30.6 Å². The molecule has 1 amide bonds. The molecule has 0 aliphatic carbocycles. The number of rotatable bonds is 10. The normalized spacial score (nSPS) is 16.8. The zero-order chi connectivity index (χ0) is 27.2. The molecule has 1 unspecified atom stereocenters. The van der Waals surface area contributed by atoms with Crippen molar-refractivity contribution >= 4 is 17.4 Å². The number of amides is 1. The van der Waals surface area contributed by atoms with E-state index in [1.54, 1.807) is 30.3 Å². The lowest BCUT2D eigenvalue weighted by Crippen LogP contribution is -2.33. The SMILES string of the molecule is COc1ccccc1C1/C(=C(\O)c2ccc(OCc3ccccc3)c(C)c2)C(=O)C(=O)N1CCOC(C)C. The summed E-state index contributed by atoms with van der Waals surface area (Å²) in [5.74, 6) is -0.498. The number of benzene rings is 3. The zero-order valence-electron chi connectivity index (χ0n) is 22.1. The van der Waals surface area contributed by atoms with Crippen LogP contribution in [0, 0.1) is 6.92 Å². The molecule has 1 aliphatic rings. The number of aryl methyl sites for hydroxylation is 1. The van der Waals surface area contributed by atoms with Gasteiger partial charge in [-0.1, -0.05) is 48.5 Å². The van der Waals surface area contributed by atoms with Crippen LogP contribution in [0.5, 0.6) is 11.5 Å². The van der Waals surface area contributed by atoms with Crippen molar-refractivity contribution in [1.29, 1.82) is 0 Å². The second-order valence-corrected chi connectivity index (χ2v) is 9.41. The van der Waals surface area contributed by atoms with Crippen molar-refractivity contribution in [3.05, 3.63) is 101 Å². The van der Waals surface area contributed by atoms with Crippen LogP contribution in [0.1, 0.15) is 42.1 Å². The fourth-order valence-electron chi connectivity index (χ4n) is 4.56. The highest BCUT2D eigenvalue weighted by Gasteiger charge is 2.46. The minimum Gasteiger partial charge on any atom is -0.507 e. The van der Waals surface area contributed by atoms with Gasteiger partial charge in [0.15, 0.2) is 0 Å². The third-order valence-corrected chi connectivity index (χ3v) is 6.44. The van der Waals surface area contributed by atoms with Gasteiger partial charge in [-0.15, -0.1) is 0 Å². The predicted molar refractivity (Wildman–Crippen MR) is 145 cm³/mol. The minimum absolute atomic E-state index is 0.0152. The number of aliphatic hydroxyl groups is 1. The number of ether oxygens (including phenoxy) is 3. The quantitative estimate of drug-likeness (QED) is 0.220. The maximum Gasteiger partial charge on any atom is 0.295 e. The molecule has 7 nitrogen and oxygen atoms in total. The fraction of sp³-hybridized carbons (Fsp3) is 0.290. The number of likely N-dealkylation sites (tertiary alicyclic amines) is 1. The standard InChI is InChI=1S/C31H33NO6/c1-20(2)37-17-16-32-28(24-12-8-9-13-26(24)36-4)27(30(34)31(32)35)29(33)23-14-15-25(21(3)18-23)38-19-22-10-6-5-7-11-22/h5-15,18,20,28,33H,16-17,19H2,1-4H3/b29-27+. The van der Waals surface area contributed by atoms with Crippen molar-refractivity contribution in [3.63, 3.8) is 0 Å². The molecule has 0 radical (unpaired) electrons. The molecule has 3 aromatic carbocycles. The number of carbonyl (C=O) groups is 2. The summed E-state index contributed by atoms with van der Waals surface area (Å²) in [6.07, 6.45) is -0.0258. The number of Topliss-reactive ketones (excluding diaryl/α,β-unsaturated/α-hetero) is 1. The van der Waals surface area contributed by atoms with E-state index < -0.39 is 17.7 Å². The Kier molecular flexibility index (Phi) is 8.48. The molecule has 1 fully saturated rings. The molecule has 7 heteroatoms. The summed E-state index contributed by atoms with van der Waals surface area (Å²) in [7, 11) is 1.53. The van der Waals surface area contributed by atoms with Crippen LogP contribution in [-0.4, -0.2) is 48.1 Å². The smallest absolute Gasteiger partial charge is 0.295 e. The van der Waals surface area contributed by atoms with Crippen molar-refractivity contribution in [2.75, 3.05) is 20.3 Å². The number of methoxy groups -OCH3 is 1. The molecule has 198 valence electrons. The van der Waals surface area contributed by atoms with E-state index in [1.807, 2.05) is 63.2 Å². The van der Waals surface area contributed by atoms with Gasteiger partial charge in [0, 0.05) is 17.7 Å². The Balaban J connectivity index is 1.71. The molecule has 1 saturated heterocycles. The number of para-hydroxylation sites is 1. The Morgan fingerprint density at radius 2 is 1.68 bits per heavy atom.